The summed E-state index contributed by atoms with van der Waals surface area (Å²) in [5.74, 6) is 0. The molecule has 0 aromatic heterocycles. The van der Waals surface area contributed by atoms with Gasteiger partial charge in [0.05, 0.1) is 23.6 Å². The minimum atomic E-state index is -3.29. The normalized spacial score (nSPS) is 20.3. The van der Waals surface area contributed by atoms with Gasteiger partial charge in [-0.1, -0.05) is 36.4 Å². The number of aliphatic hydroxyl groups excluding tert-OH is 1. The van der Waals surface area contributed by atoms with Crippen LogP contribution in [0.1, 0.15) is 47.6 Å². The van der Waals surface area contributed by atoms with E-state index in [2.05, 4.69) is 4.90 Å². The number of hydrogen-bond donors (Lipinski definition) is 2. The Balaban J connectivity index is 1.42. The molecule has 0 amide bonds. The van der Waals surface area contributed by atoms with Crippen molar-refractivity contribution in [1.82, 2.24) is 4.90 Å². The van der Waals surface area contributed by atoms with Gasteiger partial charge in [0.15, 0.2) is 0 Å². The van der Waals surface area contributed by atoms with Crippen LogP contribution in [-0.4, -0.2) is 56.0 Å². The van der Waals surface area contributed by atoms with Crippen molar-refractivity contribution in [3.63, 3.8) is 0 Å². The van der Waals surface area contributed by atoms with Gasteiger partial charge in [0.25, 0.3) is 0 Å². The summed E-state index contributed by atoms with van der Waals surface area (Å²) in [6.45, 7) is 4.47. The number of likely N-dealkylation sites (tertiary alicyclic amines) is 1. The van der Waals surface area contributed by atoms with E-state index in [0.29, 0.717) is 39.0 Å². The van der Waals surface area contributed by atoms with Gasteiger partial charge in [0.1, 0.15) is 0 Å². The van der Waals surface area contributed by atoms with Crippen molar-refractivity contribution in [2.45, 2.75) is 44.3 Å². The Hall–Kier alpha value is -1.93. The van der Waals surface area contributed by atoms with Crippen LogP contribution in [0.15, 0.2) is 42.5 Å². The van der Waals surface area contributed by atoms with Crippen LogP contribution in [0.4, 0.5) is 5.69 Å². The summed E-state index contributed by atoms with van der Waals surface area (Å²) >= 11 is 0. The molecule has 2 aromatic carbocycles. The van der Waals surface area contributed by atoms with Crippen LogP contribution in [0.3, 0.4) is 0 Å². The van der Waals surface area contributed by atoms with E-state index in [0.717, 1.165) is 40.8 Å². The average Bonchev–Trinajstić information content (AvgIpc) is 2.74. The third-order valence-corrected chi connectivity index (χ3v) is 7.91. The highest BCUT2D eigenvalue weighted by molar-refractivity contribution is 7.92. The first-order valence-electron chi connectivity index (χ1n) is 11.0. The van der Waals surface area contributed by atoms with Gasteiger partial charge in [-0.25, -0.2) is 8.42 Å². The third-order valence-electron chi connectivity index (χ3n) is 6.73. The molecule has 0 radical (unpaired) electrons. The molecule has 6 nitrogen and oxygen atoms in total. The fourth-order valence-electron chi connectivity index (χ4n) is 4.95. The number of rotatable bonds is 5. The second kappa shape index (κ2) is 8.54. The first kappa shape index (κ1) is 22.3. The molecule has 0 saturated carbocycles. The molecule has 4 rings (SSSR count). The van der Waals surface area contributed by atoms with Gasteiger partial charge in [-0.15, -0.1) is 0 Å². The van der Waals surface area contributed by atoms with E-state index in [9.17, 15) is 18.6 Å². The van der Waals surface area contributed by atoms with E-state index < -0.39 is 21.7 Å². The van der Waals surface area contributed by atoms with E-state index in [-0.39, 0.29) is 0 Å². The molecular formula is C24H32N2O4S. The van der Waals surface area contributed by atoms with Gasteiger partial charge < -0.3 is 15.1 Å². The van der Waals surface area contributed by atoms with Gasteiger partial charge >= 0.3 is 0 Å². The molecule has 7 heteroatoms. The molecule has 2 aliphatic heterocycles. The number of hydrogen-bond acceptors (Lipinski definition) is 5. The van der Waals surface area contributed by atoms with Crippen LogP contribution >= 0.6 is 0 Å². The second-order valence-corrected chi connectivity index (χ2v) is 10.9. The van der Waals surface area contributed by atoms with Gasteiger partial charge in [-0.3, -0.25) is 4.31 Å². The summed E-state index contributed by atoms with van der Waals surface area (Å²) < 4.78 is 25.6. The Morgan fingerprint density at radius 3 is 2.48 bits per heavy atom. The Kier molecular flexibility index (Phi) is 6.14. The molecule has 168 valence electrons. The highest BCUT2D eigenvalue weighted by atomic mass is 32.2. The smallest absolute Gasteiger partial charge is 0.232 e. The van der Waals surface area contributed by atoms with Crippen molar-refractivity contribution >= 4 is 15.7 Å². The number of fused-ring (bicyclic) bond motifs is 1. The number of aliphatic hydroxyl groups is 2. The predicted molar refractivity (Wildman–Crippen MR) is 123 cm³/mol. The van der Waals surface area contributed by atoms with Crippen molar-refractivity contribution in [3.05, 3.63) is 64.7 Å². The highest BCUT2D eigenvalue weighted by Gasteiger charge is 2.35. The lowest BCUT2D eigenvalue weighted by Gasteiger charge is -2.40. The SMILES string of the molecule is Cc1ccccc1C1(O)CCN(C[C@@H](O)c2ccc3c(c2)CCCN3S(C)(=O)=O)CC1. The molecule has 0 spiro atoms. The Labute approximate surface area is 185 Å². The first-order chi connectivity index (χ1) is 14.7. The van der Waals surface area contributed by atoms with Crippen molar-refractivity contribution in [1.29, 1.82) is 0 Å². The topological polar surface area (TPSA) is 81.1 Å². The van der Waals surface area contributed by atoms with E-state index in [4.69, 9.17) is 0 Å². The number of aryl methyl sites for hydroxylation is 2. The van der Waals surface area contributed by atoms with Gasteiger partial charge in [-0.2, -0.15) is 0 Å². The molecule has 1 saturated heterocycles. The fraction of sp³-hybridized carbons (Fsp3) is 0.500. The lowest BCUT2D eigenvalue weighted by Crippen LogP contribution is -2.44. The molecular weight excluding hydrogens is 412 g/mol. The van der Waals surface area contributed by atoms with Crippen molar-refractivity contribution in [2.75, 3.05) is 36.7 Å². The summed E-state index contributed by atoms with van der Waals surface area (Å²) in [6, 6.07) is 13.6. The van der Waals surface area contributed by atoms with Crippen molar-refractivity contribution in [3.8, 4) is 0 Å². The van der Waals surface area contributed by atoms with Crippen LogP contribution in [0.2, 0.25) is 0 Å². The molecule has 2 heterocycles. The van der Waals surface area contributed by atoms with Gasteiger partial charge in [0.2, 0.25) is 10.0 Å². The highest BCUT2D eigenvalue weighted by Crippen LogP contribution is 2.36. The van der Waals surface area contributed by atoms with Crippen molar-refractivity contribution in [2.24, 2.45) is 0 Å². The maximum Gasteiger partial charge on any atom is 0.232 e. The van der Waals surface area contributed by atoms with Crippen LogP contribution in [0.25, 0.3) is 0 Å². The largest absolute Gasteiger partial charge is 0.387 e. The van der Waals surface area contributed by atoms with Crippen LogP contribution < -0.4 is 4.31 Å². The van der Waals surface area contributed by atoms with Gasteiger partial charge in [-0.05, 0) is 60.9 Å². The number of sulfonamides is 1. The summed E-state index contributed by atoms with van der Waals surface area (Å²) in [5, 5.41) is 22.0. The lowest BCUT2D eigenvalue weighted by atomic mass is 9.82. The van der Waals surface area contributed by atoms with Crippen LogP contribution in [-0.2, 0) is 22.0 Å². The van der Waals surface area contributed by atoms with Crippen LogP contribution in [0, 0.1) is 6.92 Å². The van der Waals surface area contributed by atoms with Crippen LogP contribution in [0.5, 0.6) is 0 Å². The van der Waals surface area contributed by atoms with E-state index in [1.165, 1.54) is 10.6 Å². The summed E-state index contributed by atoms with van der Waals surface area (Å²) in [5.41, 5.74) is 3.81. The summed E-state index contributed by atoms with van der Waals surface area (Å²) in [7, 11) is -3.29. The van der Waals surface area contributed by atoms with Gasteiger partial charge in [0, 0.05) is 26.2 Å². The molecule has 2 aromatic rings. The molecule has 2 aliphatic rings. The number of benzene rings is 2. The van der Waals surface area contributed by atoms with E-state index >= 15 is 0 Å². The third kappa shape index (κ3) is 4.65. The first-order valence-corrected chi connectivity index (χ1v) is 12.8. The quantitative estimate of drug-likeness (QED) is 0.741. The zero-order chi connectivity index (χ0) is 22.2. The monoisotopic (exact) mass is 444 g/mol. The molecule has 0 bridgehead atoms. The molecule has 0 unspecified atom stereocenters. The lowest BCUT2D eigenvalue weighted by molar-refractivity contribution is -0.0348. The molecule has 1 fully saturated rings. The molecule has 0 aliphatic carbocycles. The zero-order valence-corrected chi connectivity index (χ0v) is 19.1. The number of anilines is 1. The minimum Gasteiger partial charge on any atom is -0.387 e. The zero-order valence-electron chi connectivity index (χ0n) is 18.3. The second-order valence-electron chi connectivity index (χ2n) is 8.99. The maximum absolute atomic E-state index is 12.1. The maximum atomic E-state index is 12.1. The Morgan fingerprint density at radius 1 is 1.10 bits per heavy atom. The molecule has 2 N–H and O–H groups in total. The van der Waals surface area contributed by atoms with E-state index in [1.54, 1.807) is 0 Å². The number of piperidine rings is 1. The number of β-amino-alcohol motifs (C(OH)–C–C–N with tert-alkyl or cyclic N) is 1. The van der Waals surface area contributed by atoms with E-state index in [1.807, 2.05) is 49.4 Å². The number of nitrogens with zero attached hydrogens (tertiary/aromatic N) is 2. The Bertz CT molecular complexity index is 1050. The standard InChI is InChI=1S/C24H32N2O4S/c1-18-6-3-4-8-21(18)24(28)11-14-25(15-12-24)17-23(27)20-9-10-22-19(16-20)7-5-13-26(22)31(2,29)30/h3-4,6,8-10,16,23,27-28H,5,7,11-15,17H2,1-2H3/t23-/m1/s1. The Morgan fingerprint density at radius 2 is 1.81 bits per heavy atom. The molecule has 31 heavy (non-hydrogen) atoms. The fourth-order valence-corrected chi connectivity index (χ4v) is 5.95. The summed E-state index contributed by atoms with van der Waals surface area (Å²) in [6.07, 6.45) is 3.46. The molecule has 1 atom stereocenters. The minimum absolute atomic E-state index is 0.498. The average molecular weight is 445 g/mol. The predicted octanol–water partition coefficient (Wildman–Crippen LogP) is 2.72. The van der Waals surface area contributed by atoms with Crippen molar-refractivity contribution < 1.29 is 18.6 Å². The summed E-state index contributed by atoms with van der Waals surface area (Å²) in [4.78, 5) is 2.19.